The third-order valence-electron chi connectivity index (χ3n) is 3.43. The Morgan fingerprint density at radius 3 is 2.76 bits per heavy atom. The number of halogens is 2. The number of imidazole rings is 1. The number of hydrogen-bond donors (Lipinski definition) is 0. The average molecular weight is 269 g/mol. The first-order valence-electron chi connectivity index (χ1n) is 5.89. The monoisotopic (exact) mass is 268 g/mol. The largest absolute Gasteiger partial charge is 0.323 e. The molecule has 3 rings (SSSR count). The van der Waals surface area contributed by atoms with Gasteiger partial charge in [0.15, 0.2) is 0 Å². The molecular formula is C13H14Cl2N2. The van der Waals surface area contributed by atoms with Crippen LogP contribution in [-0.4, -0.2) is 9.55 Å². The van der Waals surface area contributed by atoms with Gasteiger partial charge in [-0.2, -0.15) is 0 Å². The molecule has 1 aromatic carbocycles. The van der Waals surface area contributed by atoms with Crippen molar-refractivity contribution in [2.75, 3.05) is 0 Å². The highest BCUT2D eigenvalue weighted by molar-refractivity contribution is 6.31. The van der Waals surface area contributed by atoms with Gasteiger partial charge in [0.2, 0.25) is 0 Å². The topological polar surface area (TPSA) is 17.8 Å². The number of alkyl halides is 1. The second kappa shape index (κ2) is 3.89. The summed E-state index contributed by atoms with van der Waals surface area (Å²) in [5.74, 6) is 1.67. The molecule has 0 bridgehead atoms. The number of benzene rings is 1. The Morgan fingerprint density at radius 1 is 1.47 bits per heavy atom. The fourth-order valence-electron chi connectivity index (χ4n) is 2.38. The summed E-state index contributed by atoms with van der Waals surface area (Å²) in [5.41, 5.74) is 2.09. The smallest absolute Gasteiger partial charge is 0.127 e. The van der Waals surface area contributed by atoms with Crippen LogP contribution in [0.4, 0.5) is 0 Å². The maximum atomic E-state index is 6.22. The van der Waals surface area contributed by atoms with E-state index in [0.29, 0.717) is 12.0 Å². The van der Waals surface area contributed by atoms with Crippen LogP contribution in [0.1, 0.15) is 37.5 Å². The molecule has 2 aromatic rings. The van der Waals surface area contributed by atoms with Crippen LogP contribution >= 0.6 is 23.2 Å². The summed E-state index contributed by atoms with van der Waals surface area (Å²) in [5, 5.41) is 0.676. The Bertz CT molecular complexity index is 574. The first kappa shape index (κ1) is 11.4. The standard InChI is InChI=1S/C13H14Cl2N2/c1-7-5-11(7)17-12-6-9(15)3-4-10(12)16-13(17)8(2)14/h3-4,6-8,11H,5H2,1-2H3. The van der Waals surface area contributed by atoms with E-state index in [4.69, 9.17) is 23.2 Å². The molecule has 2 nitrogen and oxygen atoms in total. The zero-order valence-corrected chi connectivity index (χ0v) is 11.3. The summed E-state index contributed by atoms with van der Waals surface area (Å²) < 4.78 is 2.27. The Morgan fingerprint density at radius 2 is 2.18 bits per heavy atom. The molecule has 3 atom stereocenters. The summed E-state index contributed by atoms with van der Waals surface area (Å²) in [6.07, 6.45) is 1.20. The van der Waals surface area contributed by atoms with Gasteiger partial charge in [-0.15, -0.1) is 11.6 Å². The second-order valence-corrected chi connectivity index (χ2v) is 5.96. The second-order valence-electron chi connectivity index (χ2n) is 4.87. The molecule has 0 radical (unpaired) electrons. The molecule has 1 heterocycles. The molecular weight excluding hydrogens is 255 g/mol. The van der Waals surface area contributed by atoms with Gasteiger partial charge in [0.1, 0.15) is 5.82 Å². The maximum Gasteiger partial charge on any atom is 0.127 e. The Kier molecular flexibility index (Phi) is 2.60. The molecule has 90 valence electrons. The van der Waals surface area contributed by atoms with Gasteiger partial charge < -0.3 is 4.57 Å². The van der Waals surface area contributed by atoms with E-state index in [1.165, 1.54) is 6.42 Å². The van der Waals surface area contributed by atoms with Crippen molar-refractivity contribution in [2.24, 2.45) is 5.92 Å². The predicted octanol–water partition coefficient (Wildman–Crippen LogP) is 4.57. The minimum absolute atomic E-state index is 0.0750. The first-order chi connectivity index (χ1) is 8.08. The zero-order chi connectivity index (χ0) is 12.2. The Balaban J connectivity index is 2.25. The molecule has 0 aliphatic heterocycles. The van der Waals surface area contributed by atoms with E-state index in [0.717, 1.165) is 21.9 Å². The highest BCUT2D eigenvalue weighted by Gasteiger charge is 2.37. The fraction of sp³-hybridized carbons (Fsp3) is 0.462. The molecule has 1 fully saturated rings. The van der Waals surface area contributed by atoms with Gasteiger partial charge in [0, 0.05) is 11.1 Å². The summed E-state index contributed by atoms with van der Waals surface area (Å²) in [4.78, 5) is 4.62. The molecule has 17 heavy (non-hydrogen) atoms. The minimum atomic E-state index is -0.0750. The van der Waals surface area contributed by atoms with Gasteiger partial charge in [0.05, 0.1) is 16.4 Å². The van der Waals surface area contributed by atoms with Gasteiger partial charge >= 0.3 is 0 Å². The van der Waals surface area contributed by atoms with Gasteiger partial charge in [-0.25, -0.2) is 4.98 Å². The lowest BCUT2D eigenvalue weighted by atomic mass is 10.3. The van der Waals surface area contributed by atoms with Crippen LogP contribution in [-0.2, 0) is 0 Å². The number of fused-ring (bicyclic) bond motifs is 1. The number of rotatable bonds is 2. The van der Waals surface area contributed by atoms with E-state index in [9.17, 15) is 0 Å². The molecule has 1 aromatic heterocycles. The van der Waals surface area contributed by atoms with Crippen molar-refractivity contribution in [1.29, 1.82) is 0 Å². The van der Waals surface area contributed by atoms with Gasteiger partial charge in [-0.1, -0.05) is 18.5 Å². The highest BCUT2D eigenvalue weighted by Crippen LogP contribution is 2.46. The molecule has 4 heteroatoms. The average Bonchev–Trinajstić information content (AvgIpc) is 2.86. The quantitative estimate of drug-likeness (QED) is 0.730. The minimum Gasteiger partial charge on any atom is -0.323 e. The normalized spacial score (nSPS) is 25.2. The summed E-state index contributed by atoms with van der Waals surface area (Å²) in [7, 11) is 0. The lowest BCUT2D eigenvalue weighted by Gasteiger charge is -2.09. The van der Waals surface area contributed by atoms with Crippen molar-refractivity contribution in [2.45, 2.75) is 31.7 Å². The van der Waals surface area contributed by atoms with E-state index < -0.39 is 0 Å². The van der Waals surface area contributed by atoms with Gasteiger partial charge in [-0.05, 0) is 37.5 Å². The van der Waals surface area contributed by atoms with E-state index in [1.807, 2.05) is 25.1 Å². The van der Waals surface area contributed by atoms with Crippen LogP contribution in [0.25, 0.3) is 11.0 Å². The van der Waals surface area contributed by atoms with Crippen LogP contribution < -0.4 is 0 Å². The van der Waals surface area contributed by atoms with Crippen LogP contribution in [0.5, 0.6) is 0 Å². The molecule has 3 unspecified atom stereocenters. The van der Waals surface area contributed by atoms with E-state index in [-0.39, 0.29) is 5.38 Å². The van der Waals surface area contributed by atoms with Gasteiger partial charge in [-0.3, -0.25) is 0 Å². The predicted molar refractivity (Wildman–Crippen MR) is 71.8 cm³/mol. The van der Waals surface area contributed by atoms with Crippen LogP contribution in [0.3, 0.4) is 0 Å². The molecule has 1 aliphatic carbocycles. The van der Waals surface area contributed by atoms with Crippen LogP contribution in [0.15, 0.2) is 18.2 Å². The molecule has 1 saturated carbocycles. The Labute approximate surface area is 111 Å². The molecule has 0 N–H and O–H groups in total. The third-order valence-corrected chi connectivity index (χ3v) is 3.86. The first-order valence-corrected chi connectivity index (χ1v) is 6.71. The number of hydrogen-bond acceptors (Lipinski definition) is 1. The lowest BCUT2D eigenvalue weighted by Crippen LogP contribution is -2.03. The van der Waals surface area contributed by atoms with E-state index in [2.05, 4.69) is 16.5 Å². The van der Waals surface area contributed by atoms with E-state index in [1.54, 1.807) is 0 Å². The summed E-state index contributed by atoms with van der Waals surface area (Å²) >= 11 is 12.3. The van der Waals surface area contributed by atoms with Crippen LogP contribution in [0.2, 0.25) is 5.02 Å². The fourth-order valence-corrected chi connectivity index (χ4v) is 2.70. The SMILES string of the molecule is CC(Cl)c1nc2ccc(Cl)cc2n1C1CC1C. The number of aromatic nitrogens is 2. The molecule has 0 amide bonds. The van der Waals surface area contributed by atoms with Crippen molar-refractivity contribution in [3.63, 3.8) is 0 Å². The van der Waals surface area contributed by atoms with Crippen molar-refractivity contribution in [3.05, 3.63) is 29.0 Å². The lowest BCUT2D eigenvalue weighted by molar-refractivity contribution is 0.659. The van der Waals surface area contributed by atoms with Crippen molar-refractivity contribution >= 4 is 34.2 Å². The number of nitrogens with zero attached hydrogens (tertiary/aromatic N) is 2. The molecule has 0 spiro atoms. The Hall–Kier alpha value is -0.730. The maximum absolute atomic E-state index is 6.22. The van der Waals surface area contributed by atoms with Crippen molar-refractivity contribution in [1.82, 2.24) is 9.55 Å². The van der Waals surface area contributed by atoms with Crippen molar-refractivity contribution in [3.8, 4) is 0 Å². The van der Waals surface area contributed by atoms with Crippen molar-refractivity contribution < 1.29 is 0 Å². The third kappa shape index (κ3) is 1.84. The molecule has 0 saturated heterocycles. The van der Waals surface area contributed by atoms with E-state index >= 15 is 0 Å². The zero-order valence-electron chi connectivity index (χ0n) is 9.82. The summed E-state index contributed by atoms with van der Waals surface area (Å²) in [6, 6.07) is 6.36. The highest BCUT2D eigenvalue weighted by atomic mass is 35.5. The molecule has 1 aliphatic rings. The van der Waals surface area contributed by atoms with Gasteiger partial charge in [0.25, 0.3) is 0 Å². The van der Waals surface area contributed by atoms with Crippen LogP contribution in [0, 0.1) is 5.92 Å². The summed E-state index contributed by atoms with van der Waals surface area (Å²) in [6.45, 7) is 4.22.